The Kier molecular flexibility index (Phi) is 6.50. The molecule has 0 aromatic heterocycles. The number of nitrogens with one attached hydrogen (secondary N) is 3. The van der Waals surface area contributed by atoms with Crippen molar-refractivity contribution in [1.29, 1.82) is 0 Å². The van der Waals surface area contributed by atoms with Gasteiger partial charge in [0.2, 0.25) is 11.8 Å². The fourth-order valence-corrected chi connectivity index (χ4v) is 1.59. The van der Waals surface area contributed by atoms with Gasteiger partial charge in [-0.3, -0.25) is 14.4 Å². The molecule has 0 radical (unpaired) electrons. The largest absolute Gasteiger partial charge is 0.351 e. The molecule has 0 bridgehead atoms. The van der Waals surface area contributed by atoms with E-state index in [9.17, 15) is 14.4 Å². The normalized spacial score (nSPS) is 10.6. The summed E-state index contributed by atoms with van der Waals surface area (Å²) in [5.41, 5.74) is 0.492. The molecule has 0 aliphatic rings. The molecule has 1 rings (SSSR count). The van der Waals surface area contributed by atoms with Gasteiger partial charge in [0.1, 0.15) is 0 Å². The molecule has 3 amide bonds. The molecule has 3 N–H and O–H groups in total. The van der Waals surface area contributed by atoms with E-state index in [-0.39, 0.29) is 17.7 Å². The highest BCUT2D eigenvalue weighted by atomic mass is 16.2. The maximum atomic E-state index is 12.0. The first-order chi connectivity index (χ1) is 10.7. The van der Waals surface area contributed by atoms with Crippen molar-refractivity contribution in [1.82, 2.24) is 10.6 Å². The predicted molar refractivity (Wildman–Crippen MR) is 90.1 cm³/mol. The van der Waals surface area contributed by atoms with E-state index in [0.29, 0.717) is 24.3 Å². The van der Waals surface area contributed by atoms with E-state index in [0.717, 1.165) is 0 Å². The summed E-state index contributed by atoms with van der Waals surface area (Å²) in [5, 5.41) is 8.03. The molecular formula is C17H23N3O3. The van der Waals surface area contributed by atoms with Gasteiger partial charge in [-0.05, 0) is 24.3 Å². The van der Waals surface area contributed by atoms with Crippen molar-refractivity contribution in [2.75, 3.05) is 18.4 Å². The van der Waals surface area contributed by atoms with Gasteiger partial charge in [0.25, 0.3) is 5.91 Å². The molecule has 0 heterocycles. The Balaban J connectivity index is 2.58. The number of benzene rings is 1. The zero-order valence-electron chi connectivity index (χ0n) is 13.7. The van der Waals surface area contributed by atoms with E-state index < -0.39 is 5.41 Å². The lowest BCUT2D eigenvalue weighted by molar-refractivity contribution is -0.123. The second-order valence-electron chi connectivity index (χ2n) is 6.04. The van der Waals surface area contributed by atoms with Crippen LogP contribution in [-0.2, 0) is 9.59 Å². The summed E-state index contributed by atoms with van der Waals surface area (Å²) >= 11 is 0. The van der Waals surface area contributed by atoms with Crippen LogP contribution in [0.5, 0.6) is 0 Å². The monoisotopic (exact) mass is 317 g/mol. The van der Waals surface area contributed by atoms with Crippen LogP contribution in [0.25, 0.3) is 0 Å². The maximum Gasteiger partial charge on any atom is 0.251 e. The molecule has 124 valence electrons. The van der Waals surface area contributed by atoms with Gasteiger partial charge in [-0.15, -0.1) is 0 Å². The third kappa shape index (κ3) is 6.34. The lowest BCUT2D eigenvalue weighted by Crippen LogP contribution is -2.34. The van der Waals surface area contributed by atoms with Crippen LogP contribution >= 0.6 is 0 Å². The zero-order chi connectivity index (χ0) is 17.5. The number of amides is 3. The fraction of sp³-hybridized carbons (Fsp3) is 0.353. The van der Waals surface area contributed by atoms with E-state index in [1.807, 2.05) is 20.8 Å². The van der Waals surface area contributed by atoms with Crippen molar-refractivity contribution in [3.63, 3.8) is 0 Å². The Morgan fingerprint density at radius 3 is 2.39 bits per heavy atom. The number of carbonyl (C=O) groups is 3. The minimum Gasteiger partial charge on any atom is -0.351 e. The summed E-state index contributed by atoms with van der Waals surface area (Å²) in [7, 11) is 0. The van der Waals surface area contributed by atoms with Gasteiger partial charge in [0.15, 0.2) is 0 Å². The van der Waals surface area contributed by atoms with E-state index in [1.165, 1.54) is 6.08 Å². The van der Waals surface area contributed by atoms with Crippen LogP contribution in [0.1, 0.15) is 31.1 Å². The van der Waals surface area contributed by atoms with Crippen LogP contribution in [0.4, 0.5) is 5.69 Å². The minimum absolute atomic E-state index is 0.123. The van der Waals surface area contributed by atoms with E-state index in [2.05, 4.69) is 22.5 Å². The van der Waals surface area contributed by atoms with Crippen molar-refractivity contribution in [3.8, 4) is 0 Å². The van der Waals surface area contributed by atoms with Gasteiger partial charge in [-0.25, -0.2) is 0 Å². The maximum absolute atomic E-state index is 12.0. The highest BCUT2D eigenvalue weighted by Gasteiger charge is 2.21. The number of hydrogen-bond acceptors (Lipinski definition) is 3. The highest BCUT2D eigenvalue weighted by Crippen LogP contribution is 2.18. The number of carbonyl (C=O) groups excluding carboxylic acids is 3. The standard InChI is InChI=1S/C17H23N3O3/c1-5-14(21)18-9-10-19-15(22)12-7-6-8-13(11-12)20-16(23)17(2,3)4/h5-8,11H,1,9-10H2,2-4H3,(H,18,21)(H,19,22)(H,20,23). The fourth-order valence-electron chi connectivity index (χ4n) is 1.59. The SMILES string of the molecule is C=CC(=O)NCCNC(=O)c1cccc(NC(=O)C(C)(C)C)c1. The smallest absolute Gasteiger partial charge is 0.251 e. The second kappa shape index (κ2) is 8.12. The molecular weight excluding hydrogens is 294 g/mol. The first-order valence-corrected chi connectivity index (χ1v) is 7.34. The Labute approximate surface area is 136 Å². The van der Waals surface area contributed by atoms with Crippen LogP contribution in [0, 0.1) is 5.41 Å². The second-order valence-corrected chi connectivity index (χ2v) is 6.04. The Morgan fingerprint density at radius 2 is 1.78 bits per heavy atom. The van der Waals surface area contributed by atoms with Crippen molar-refractivity contribution in [2.45, 2.75) is 20.8 Å². The summed E-state index contributed by atoms with van der Waals surface area (Å²) in [6.07, 6.45) is 1.17. The molecule has 6 nitrogen and oxygen atoms in total. The molecule has 0 aliphatic heterocycles. The first-order valence-electron chi connectivity index (χ1n) is 7.34. The average molecular weight is 317 g/mol. The van der Waals surface area contributed by atoms with E-state index >= 15 is 0 Å². The molecule has 23 heavy (non-hydrogen) atoms. The Hall–Kier alpha value is -2.63. The number of hydrogen-bond donors (Lipinski definition) is 3. The minimum atomic E-state index is -0.512. The molecule has 0 fully saturated rings. The number of rotatable bonds is 6. The summed E-state index contributed by atoms with van der Waals surface area (Å²) in [5.74, 6) is -0.682. The van der Waals surface area contributed by atoms with Gasteiger partial charge in [0.05, 0.1) is 0 Å². The molecule has 1 aromatic rings. The van der Waals surface area contributed by atoms with Crippen LogP contribution < -0.4 is 16.0 Å². The van der Waals surface area contributed by atoms with Crippen molar-refractivity contribution >= 4 is 23.4 Å². The molecule has 0 aliphatic carbocycles. The lowest BCUT2D eigenvalue weighted by Gasteiger charge is -2.18. The van der Waals surface area contributed by atoms with Gasteiger partial charge < -0.3 is 16.0 Å². The summed E-state index contributed by atoms with van der Waals surface area (Å²) < 4.78 is 0. The quantitative estimate of drug-likeness (QED) is 0.551. The summed E-state index contributed by atoms with van der Waals surface area (Å²) in [6, 6.07) is 6.70. The van der Waals surface area contributed by atoms with Crippen molar-refractivity contribution < 1.29 is 14.4 Å². The molecule has 0 saturated heterocycles. The van der Waals surface area contributed by atoms with Crippen LogP contribution in [0.3, 0.4) is 0 Å². The Bertz CT molecular complexity index is 603. The van der Waals surface area contributed by atoms with Crippen LogP contribution in [-0.4, -0.2) is 30.8 Å². The zero-order valence-corrected chi connectivity index (χ0v) is 13.7. The predicted octanol–water partition coefficient (Wildman–Crippen LogP) is 1.70. The molecule has 0 unspecified atom stereocenters. The third-order valence-electron chi connectivity index (χ3n) is 2.96. The van der Waals surface area contributed by atoms with Gasteiger partial charge in [-0.2, -0.15) is 0 Å². The van der Waals surface area contributed by atoms with Gasteiger partial charge >= 0.3 is 0 Å². The molecule has 6 heteroatoms. The van der Waals surface area contributed by atoms with Gasteiger partial charge in [0, 0.05) is 29.8 Å². The third-order valence-corrected chi connectivity index (χ3v) is 2.96. The van der Waals surface area contributed by atoms with Gasteiger partial charge in [-0.1, -0.05) is 33.4 Å². The Morgan fingerprint density at radius 1 is 1.13 bits per heavy atom. The summed E-state index contributed by atoms with van der Waals surface area (Å²) in [6.45, 7) is 9.41. The first kappa shape index (κ1) is 18.4. The van der Waals surface area contributed by atoms with E-state index in [1.54, 1.807) is 24.3 Å². The van der Waals surface area contributed by atoms with Crippen molar-refractivity contribution in [2.24, 2.45) is 5.41 Å². The molecule has 1 aromatic carbocycles. The average Bonchev–Trinajstić information content (AvgIpc) is 2.50. The van der Waals surface area contributed by atoms with Crippen LogP contribution in [0.2, 0.25) is 0 Å². The molecule has 0 atom stereocenters. The van der Waals surface area contributed by atoms with E-state index in [4.69, 9.17) is 0 Å². The van der Waals surface area contributed by atoms with Crippen molar-refractivity contribution in [3.05, 3.63) is 42.5 Å². The molecule has 0 spiro atoms. The lowest BCUT2D eigenvalue weighted by atomic mass is 9.95. The molecule has 0 saturated carbocycles. The summed E-state index contributed by atoms with van der Waals surface area (Å²) in [4.78, 5) is 35.0. The number of anilines is 1. The van der Waals surface area contributed by atoms with Crippen LogP contribution in [0.15, 0.2) is 36.9 Å². The topological polar surface area (TPSA) is 87.3 Å². The highest BCUT2D eigenvalue weighted by molar-refractivity contribution is 5.98.